The van der Waals surface area contributed by atoms with Crippen LogP contribution in [0.4, 0.5) is 5.82 Å². The van der Waals surface area contributed by atoms with Crippen molar-refractivity contribution in [1.29, 1.82) is 0 Å². The summed E-state index contributed by atoms with van der Waals surface area (Å²) in [4.78, 5) is 31.3. The lowest BCUT2D eigenvalue weighted by Gasteiger charge is -2.26. The fourth-order valence-electron chi connectivity index (χ4n) is 5.01. The molecule has 41 heavy (non-hydrogen) atoms. The lowest BCUT2D eigenvalue weighted by Crippen LogP contribution is -2.40. The molecule has 3 aromatic carbocycles. The van der Waals surface area contributed by atoms with E-state index in [1.165, 1.54) is 11.8 Å². The molecule has 9 nitrogen and oxygen atoms in total. The Morgan fingerprint density at radius 1 is 1.00 bits per heavy atom. The number of aryl methyl sites for hydroxylation is 2. The number of hydrogen-bond acceptors (Lipinski definition) is 6. The van der Waals surface area contributed by atoms with Crippen LogP contribution in [-0.2, 0) is 11.3 Å². The molecule has 1 aliphatic heterocycles. The second kappa shape index (κ2) is 10.9. The van der Waals surface area contributed by atoms with Gasteiger partial charge in [-0.15, -0.1) is 0 Å². The molecule has 0 bridgehead atoms. The molecule has 1 fully saturated rings. The van der Waals surface area contributed by atoms with Crippen LogP contribution in [0.2, 0.25) is 0 Å². The zero-order chi connectivity index (χ0) is 28.5. The molecule has 1 saturated heterocycles. The van der Waals surface area contributed by atoms with Gasteiger partial charge in [0.25, 0.3) is 5.91 Å². The van der Waals surface area contributed by atoms with Crippen LogP contribution in [0.15, 0.2) is 72.9 Å². The van der Waals surface area contributed by atoms with Crippen molar-refractivity contribution in [3.63, 3.8) is 0 Å². The number of rotatable bonds is 7. The van der Waals surface area contributed by atoms with Gasteiger partial charge < -0.3 is 25.1 Å². The number of carbonyl (C=O) groups excluding carboxylic acids is 2. The highest BCUT2D eigenvalue weighted by Crippen LogP contribution is 2.27. The number of hydrogen-bond donors (Lipinski definition) is 2. The molecular weight excluding hydrogens is 518 g/mol. The average Bonchev–Trinajstić information content (AvgIpc) is 3.60. The number of aromatic nitrogens is 3. The largest absolute Gasteiger partial charge is 0.489 e. The van der Waals surface area contributed by atoms with Crippen LogP contribution in [0.1, 0.15) is 43.1 Å². The molecule has 0 spiro atoms. The van der Waals surface area contributed by atoms with Gasteiger partial charge in [0.2, 0.25) is 5.78 Å². The summed E-state index contributed by atoms with van der Waals surface area (Å²) in [6, 6.07) is 21.1. The molecule has 0 saturated carbocycles. The SMILES string of the molecule is Cc1ccc(COc2ccc(-n3ncc(C(=O)c4cc5cc(C(=O)N6CCOCC6)ccc5[nH]4)c3N)c(C)c2)cc1. The Morgan fingerprint density at radius 2 is 1.78 bits per heavy atom. The maximum atomic E-state index is 13.5. The summed E-state index contributed by atoms with van der Waals surface area (Å²) >= 11 is 0. The summed E-state index contributed by atoms with van der Waals surface area (Å²) in [5.41, 5.74) is 12.4. The molecule has 0 unspecified atom stereocenters. The summed E-state index contributed by atoms with van der Waals surface area (Å²) in [6.07, 6.45) is 1.48. The Balaban J connectivity index is 1.19. The van der Waals surface area contributed by atoms with E-state index in [1.807, 2.05) is 31.2 Å². The molecule has 6 rings (SSSR count). The van der Waals surface area contributed by atoms with E-state index in [0.717, 1.165) is 33.5 Å². The highest BCUT2D eigenvalue weighted by Gasteiger charge is 2.22. The smallest absolute Gasteiger partial charge is 0.254 e. The first-order valence-electron chi connectivity index (χ1n) is 13.5. The number of benzene rings is 3. The van der Waals surface area contributed by atoms with Crippen molar-refractivity contribution in [3.05, 3.63) is 106 Å². The second-order valence-corrected chi connectivity index (χ2v) is 10.3. The van der Waals surface area contributed by atoms with Crippen molar-refractivity contribution in [2.24, 2.45) is 0 Å². The summed E-state index contributed by atoms with van der Waals surface area (Å²) < 4.78 is 12.9. The molecule has 1 aliphatic rings. The lowest BCUT2D eigenvalue weighted by atomic mass is 10.1. The minimum Gasteiger partial charge on any atom is -0.489 e. The summed E-state index contributed by atoms with van der Waals surface area (Å²) in [6.45, 7) is 6.69. The van der Waals surface area contributed by atoms with Gasteiger partial charge in [-0.05, 0) is 67.4 Å². The molecule has 0 radical (unpaired) electrons. The Morgan fingerprint density at radius 3 is 2.54 bits per heavy atom. The van der Waals surface area contributed by atoms with Crippen LogP contribution in [-0.4, -0.2) is 57.7 Å². The number of aromatic amines is 1. The summed E-state index contributed by atoms with van der Waals surface area (Å²) in [5, 5.41) is 5.20. The highest BCUT2D eigenvalue weighted by molar-refractivity contribution is 6.13. The van der Waals surface area contributed by atoms with E-state index in [0.29, 0.717) is 49.7 Å². The van der Waals surface area contributed by atoms with Crippen molar-refractivity contribution < 1.29 is 19.1 Å². The van der Waals surface area contributed by atoms with Gasteiger partial charge in [-0.25, -0.2) is 4.68 Å². The zero-order valence-corrected chi connectivity index (χ0v) is 23.0. The summed E-state index contributed by atoms with van der Waals surface area (Å²) in [5.74, 6) is 0.658. The third-order valence-corrected chi connectivity index (χ3v) is 7.38. The number of amides is 1. The van der Waals surface area contributed by atoms with Crippen LogP contribution in [0, 0.1) is 13.8 Å². The molecule has 3 N–H and O–H groups in total. The van der Waals surface area contributed by atoms with Gasteiger partial charge in [-0.2, -0.15) is 5.10 Å². The van der Waals surface area contributed by atoms with Crippen molar-refractivity contribution >= 4 is 28.4 Å². The molecule has 0 atom stereocenters. The second-order valence-electron chi connectivity index (χ2n) is 10.3. The van der Waals surface area contributed by atoms with E-state index in [2.05, 4.69) is 41.3 Å². The van der Waals surface area contributed by atoms with Crippen molar-refractivity contribution in [3.8, 4) is 11.4 Å². The number of fused-ring (bicyclic) bond motifs is 1. The van der Waals surface area contributed by atoms with Gasteiger partial charge in [-0.1, -0.05) is 29.8 Å². The fraction of sp³-hybridized carbons (Fsp3) is 0.219. The van der Waals surface area contributed by atoms with Crippen LogP contribution in [0.25, 0.3) is 16.6 Å². The molecule has 9 heteroatoms. The van der Waals surface area contributed by atoms with Crippen molar-refractivity contribution in [2.45, 2.75) is 20.5 Å². The van der Waals surface area contributed by atoms with Gasteiger partial charge >= 0.3 is 0 Å². The molecule has 0 aliphatic carbocycles. The van der Waals surface area contributed by atoms with E-state index in [1.54, 1.807) is 27.8 Å². The highest BCUT2D eigenvalue weighted by atomic mass is 16.5. The quantitative estimate of drug-likeness (QED) is 0.281. The lowest BCUT2D eigenvalue weighted by molar-refractivity contribution is 0.0303. The average molecular weight is 550 g/mol. The monoisotopic (exact) mass is 549 g/mol. The normalized spacial score (nSPS) is 13.5. The van der Waals surface area contributed by atoms with Gasteiger partial charge in [0.1, 0.15) is 18.2 Å². The number of H-pyrrole nitrogens is 1. The molecular formula is C32H31N5O4. The van der Waals surface area contributed by atoms with E-state index in [-0.39, 0.29) is 17.5 Å². The van der Waals surface area contributed by atoms with Crippen LogP contribution >= 0.6 is 0 Å². The first-order valence-corrected chi connectivity index (χ1v) is 13.5. The topological polar surface area (TPSA) is 115 Å². The number of carbonyl (C=O) groups is 2. The molecule has 1 amide bonds. The van der Waals surface area contributed by atoms with Crippen LogP contribution in [0.3, 0.4) is 0 Å². The van der Waals surface area contributed by atoms with Crippen molar-refractivity contribution in [1.82, 2.24) is 19.7 Å². The molecule has 5 aromatic rings. The maximum absolute atomic E-state index is 13.5. The van der Waals surface area contributed by atoms with E-state index in [9.17, 15) is 9.59 Å². The number of morpholine rings is 1. The van der Waals surface area contributed by atoms with Crippen LogP contribution in [0.5, 0.6) is 5.75 Å². The number of ether oxygens (including phenoxy) is 2. The molecule has 208 valence electrons. The number of nitrogens with two attached hydrogens (primary N) is 1. The number of anilines is 1. The third kappa shape index (κ3) is 5.31. The van der Waals surface area contributed by atoms with E-state index in [4.69, 9.17) is 15.2 Å². The zero-order valence-electron chi connectivity index (χ0n) is 23.0. The Kier molecular flexibility index (Phi) is 7.03. The minimum atomic E-state index is -0.276. The van der Waals surface area contributed by atoms with Gasteiger partial charge in [0, 0.05) is 29.6 Å². The number of ketones is 1. The third-order valence-electron chi connectivity index (χ3n) is 7.38. The Labute approximate surface area is 237 Å². The number of nitrogens with one attached hydrogen (secondary N) is 1. The van der Waals surface area contributed by atoms with Gasteiger partial charge in [-0.3, -0.25) is 9.59 Å². The first kappa shape index (κ1) is 26.3. The van der Waals surface area contributed by atoms with E-state index >= 15 is 0 Å². The molecule has 2 aromatic heterocycles. The standard InChI is InChI=1S/C32H31N5O4/c1-20-3-5-22(6-4-20)19-41-25-8-10-29(21(2)15-25)37-31(33)26(18-34-37)30(38)28-17-24-16-23(7-9-27(24)35-28)32(39)36-11-13-40-14-12-36/h3-10,15-18,35H,11-14,19,33H2,1-2H3. The minimum absolute atomic E-state index is 0.0447. The van der Waals surface area contributed by atoms with Gasteiger partial charge in [0.15, 0.2) is 0 Å². The Hall–Kier alpha value is -4.89. The van der Waals surface area contributed by atoms with Crippen molar-refractivity contribution in [2.75, 3.05) is 32.0 Å². The van der Waals surface area contributed by atoms with Gasteiger partial charge in [0.05, 0.1) is 36.4 Å². The number of nitrogens with zero attached hydrogens (tertiary/aromatic N) is 3. The maximum Gasteiger partial charge on any atom is 0.254 e. The van der Waals surface area contributed by atoms with Crippen LogP contribution < -0.4 is 10.5 Å². The summed E-state index contributed by atoms with van der Waals surface area (Å²) in [7, 11) is 0. The van der Waals surface area contributed by atoms with E-state index < -0.39 is 0 Å². The number of nitrogen functional groups attached to an aromatic ring is 1. The Bertz CT molecular complexity index is 1750. The predicted molar refractivity (Wildman–Crippen MR) is 157 cm³/mol. The first-order chi connectivity index (χ1) is 19.9. The fourth-order valence-corrected chi connectivity index (χ4v) is 5.01. The predicted octanol–water partition coefficient (Wildman–Crippen LogP) is 4.84. The molecule has 3 heterocycles.